The molecule has 0 fully saturated rings. The van der Waals surface area contributed by atoms with Crippen LogP contribution in [-0.4, -0.2) is 13.3 Å². The van der Waals surface area contributed by atoms with Crippen molar-refractivity contribution in [2.45, 2.75) is 0 Å². The van der Waals surface area contributed by atoms with Gasteiger partial charge in [-0.2, -0.15) is 5.26 Å². The van der Waals surface area contributed by atoms with Crippen LogP contribution in [0.4, 0.5) is 5.69 Å². The number of benzene rings is 2. The van der Waals surface area contributed by atoms with E-state index in [4.69, 9.17) is 10.00 Å². The SMILES string of the molecule is COc1ccc(N=Cc2ccc(C#N)cc2)cc1. The molecule has 0 radical (unpaired) electrons. The van der Waals surface area contributed by atoms with Gasteiger partial charge in [-0.3, -0.25) is 4.99 Å². The molecule has 2 aromatic rings. The molecule has 0 saturated heterocycles. The molecule has 18 heavy (non-hydrogen) atoms. The van der Waals surface area contributed by atoms with E-state index in [9.17, 15) is 0 Å². The van der Waals surface area contributed by atoms with Crippen molar-refractivity contribution in [3.63, 3.8) is 0 Å². The number of nitriles is 1. The van der Waals surface area contributed by atoms with Crippen LogP contribution in [0.5, 0.6) is 5.75 Å². The van der Waals surface area contributed by atoms with Gasteiger partial charge in [0, 0.05) is 6.21 Å². The maximum absolute atomic E-state index is 8.69. The van der Waals surface area contributed by atoms with Crippen molar-refractivity contribution in [2.24, 2.45) is 4.99 Å². The van der Waals surface area contributed by atoms with Crippen molar-refractivity contribution < 1.29 is 4.74 Å². The number of aliphatic imine (C=N–C) groups is 1. The van der Waals surface area contributed by atoms with Gasteiger partial charge in [-0.15, -0.1) is 0 Å². The molecule has 0 aliphatic heterocycles. The molecule has 0 amide bonds. The summed E-state index contributed by atoms with van der Waals surface area (Å²) in [6.45, 7) is 0. The van der Waals surface area contributed by atoms with E-state index in [1.807, 2.05) is 36.4 Å². The number of methoxy groups -OCH3 is 1. The summed E-state index contributed by atoms with van der Waals surface area (Å²) in [5.74, 6) is 0.812. The summed E-state index contributed by atoms with van der Waals surface area (Å²) in [5.41, 5.74) is 2.47. The Bertz CT molecular complexity index is 577. The minimum atomic E-state index is 0.650. The van der Waals surface area contributed by atoms with Crippen molar-refractivity contribution in [2.75, 3.05) is 7.11 Å². The van der Waals surface area contributed by atoms with Gasteiger partial charge in [0.1, 0.15) is 5.75 Å². The highest BCUT2D eigenvalue weighted by Gasteiger charge is 1.92. The first-order valence-electron chi connectivity index (χ1n) is 5.50. The average Bonchev–Trinajstić information content (AvgIpc) is 2.46. The third kappa shape index (κ3) is 2.96. The van der Waals surface area contributed by atoms with Gasteiger partial charge in [-0.1, -0.05) is 12.1 Å². The quantitative estimate of drug-likeness (QED) is 0.767. The van der Waals surface area contributed by atoms with E-state index in [-0.39, 0.29) is 0 Å². The molecule has 0 unspecified atom stereocenters. The molecule has 3 nitrogen and oxygen atoms in total. The zero-order valence-electron chi connectivity index (χ0n) is 10.00. The second-order valence-corrected chi connectivity index (χ2v) is 3.69. The van der Waals surface area contributed by atoms with E-state index < -0.39 is 0 Å². The third-order valence-corrected chi connectivity index (χ3v) is 2.47. The Labute approximate surface area is 106 Å². The summed E-state index contributed by atoms with van der Waals surface area (Å²) in [6, 6.07) is 16.9. The Morgan fingerprint density at radius 1 is 1.06 bits per heavy atom. The number of ether oxygens (including phenoxy) is 1. The van der Waals surface area contributed by atoms with Gasteiger partial charge in [0.15, 0.2) is 0 Å². The minimum absolute atomic E-state index is 0.650. The highest BCUT2D eigenvalue weighted by molar-refractivity contribution is 5.82. The molecule has 0 heterocycles. The van der Waals surface area contributed by atoms with Crippen LogP contribution in [-0.2, 0) is 0 Å². The minimum Gasteiger partial charge on any atom is -0.497 e. The van der Waals surface area contributed by atoms with Crippen molar-refractivity contribution in [1.82, 2.24) is 0 Å². The van der Waals surface area contributed by atoms with Gasteiger partial charge in [0.2, 0.25) is 0 Å². The van der Waals surface area contributed by atoms with Gasteiger partial charge in [0.05, 0.1) is 24.4 Å². The van der Waals surface area contributed by atoms with Gasteiger partial charge in [-0.05, 0) is 42.0 Å². The van der Waals surface area contributed by atoms with Crippen LogP contribution < -0.4 is 4.74 Å². The van der Waals surface area contributed by atoms with E-state index in [1.54, 1.807) is 25.5 Å². The Kier molecular flexibility index (Phi) is 3.72. The lowest BCUT2D eigenvalue weighted by molar-refractivity contribution is 0.415. The van der Waals surface area contributed by atoms with Crippen LogP contribution in [0.1, 0.15) is 11.1 Å². The standard InChI is InChI=1S/C15H12N2O/c1-18-15-8-6-14(7-9-15)17-11-13-4-2-12(10-16)3-5-13/h2-9,11H,1H3. The topological polar surface area (TPSA) is 45.4 Å². The van der Waals surface area contributed by atoms with Crippen molar-refractivity contribution in [3.05, 3.63) is 59.7 Å². The van der Waals surface area contributed by atoms with Gasteiger partial charge < -0.3 is 4.74 Å². The lowest BCUT2D eigenvalue weighted by Crippen LogP contribution is -1.82. The van der Waals surface area contributed by atoms with Crippen LogP contribution in [0.25, 0.3) is 0 Å². The number of nitrogens with zero attached hydrogens (tertiary/aromatic N) is 2. The van der Waals surface area contributed by atoms with Crippen LogP contribution >= 0.6 is 0 Å². The highest BCUT2D eigenvalue weighted by atomic mass is 16.5. The Balaban J connectivity index is 2.11. The first-order chi connectivity index (χ1) is 8.81. The van der Waals surface area contributed by atoms with Crippen LogP contribution in [0.3, 0.4) is 0 Å². The summed E-state index contributed by atoms with van der Waals surface area (Å²) >= 11 is 0. The summed E-state index contributed by atoms with van der Waals surface area (Å²) in [6.07, 6.45) is 1.77. The van der Waals surface area contributed by atoms with E-state index in [1.165, 1.54) is 0 Å². The lowest BCUT2D eigenvalue weighted by Gasteiger charge is -1.99. The molecule has 0 spiro atoms. The van der Waals surface area contributed by atoms with Crippen molar-refractivity contribution in [1.29, 1.82) is 5.26 Å². The molecule has 88 valence electrons. The predicted molar refractivity (Wildman–Crippen MR) is 71.4 cm³/mol. The molecular formula is C15H12N2O. The highest BCUT2D eigenvalue weighted by Crippen LogP contribution is 2.17. The van der Waals surface area contributed by atoms with Crippen LogP contribution in [0.15, 0.2) is 53.5 Å². The molecule has 3 heteroatoms. The van der Waals surface area contributed by atoms with E-state index in [0.29, 0.717) is 5.56 Å². The second kappa shape index (κ2) is 5.65. The fourth-order valence-electron chi connectivity index (χ4n) is 1.46. The maximum atomic E-state index is 8.69. The molecule has 0 aliphatic rings. The lowest BCUT2D eigenvalue weighted by atomic mass is 10.2. The number of hydrogen-bond acceptors (Lipinski definition) is 3. The van der Waals surface area contributed by atoms with E-state index in [2.05, 4.69) is 11.1 Å². The number of rotatable bonds is 3. The summed E-state index contributed by atoms with van der Waals surface area (Å²) in [7, 11) is 1.63. The largest absolute Gasteiger partial charge is 0.497 e. The molecule has 0 bridgehead atoms. The molecule has 0 aliphatic carbocycles. The molecule has 0 aromatic heterocycles. The number of hydrogen-bond donors (Lipinski definition) is 0. The predicted octanol–water partition coefficient (Wildman–Crippen LogP) is 3.32. The molecule has 0 N–H and O–H groups in total. The van der Waals surface area contributed by atoms with E-state index in [0.717, 1.165) is 17.0 Å². The van der Waals surface area contributed by atoms with E-state index >= 15 is 0 Å². The van der Waals surface area contributed by atoms with Crippen molar-refractivity contribution >= 4 is 11.9 Å². The fraction of sp³-hybridized carbons (Fsp3) is 0.0667. The molecule has 0 atom stereocenters. The molecular weight excluding hydrogens is 224 g/mol. The molecule has 2 rings (SSSR count). The maximum Gasteiger partial charge on any atom is 0.119 e. The average molecular weight is 236 g/mol. The monoisotopic (exact) mass is 236 g/mol. The first-order valence-corrected chi connectivity index (χ1v) is 5.50. The van der Waals surface area contributed by atoms with Gasteiger partial charge in [0.25, 0.3) is 0 Å². The van der Waals surface area contributed by atoms with Gasteiger partial charge in [-0.25, -0.2) is 0 Å². The second-order valence-electron chi connectivity index (χ2n) is 3.69. The zero-order chi connectivity index (χ0) is 12.8. The Morgan fingerprint density at radius 3 is 2.28 bits per heavy atom. The Morgan fingerprint density at radius 2 is 1.72 bits per heavy atom. The van der Waals surface area contributed by atoms with Gasteiger partial charge >= 0.3 is 0 Å². The fourth-order valence-corrected chi connectivity index (χ4v) is 1.46. The Hall–Kier alpha value is -2.60. The molecule has 2 aromatic carbocycles. The van der Waals surface area contributed by atoms with Crippen molar-refractivity contribution in [3.8, 4) is 11.8 Å². The molecule has 0 saturated carbocycles. The first kappa shape index (κ1) is 11.9. The zero-order valence-corrected chi connectivity index (χ0v) is 10.00. The summed E-state index contributed by atoms with van der Waals surface area (Å²) in [4.78, 5) is 4.34. The smallest absolute Gasteiger partial charge is 0.119 e. The van der Waals surface area contributed by atoms with Crippen LogP contribution in [0, 0.1) is 11.3 Å². The van der Waals surface area contributed by atoms with Crippen LogP contribution in [0.2, 0.25) is 0 Å². The summed E-state index contributed by atoms with van der Waals surface area (Å²) in [5, 5.41) is 8.69. The summed E-state index contributed by atoms with van der Waals surface area (Å²) < 4.78 is 5.07. The third-order valence-electron chi connectivity index (χ3n) is 2.47. The normalized spacial score (nSPS) is 10.2.